The van der Waals surface area contributed by atoms with Gasteiger partial charge in [-0.2, -0.15) is 0 Å². The standard InChI is InChI=1S/C19H27N3O2/c1-2-16-9-6-10-22(16)18(24)17(23)21-15-11-19(12-15,13-20)14-7-4-3-5-8-14/h3-5,7-8,15-16H,2,6,9-13,20H2,1H3,(H,21,23). The second-order valence-electron chi connectivity index (χ2n) is 7.13. The lowest BCUT2D eigenvalue weighted by Crippen LogP contribution is -2.58. The molecule has 1 atom stereocenters. The minimum Gasteiger partial charge on any atom is -0.345 e. The van der Waals surface area contributed by atoms with Crippen molar-refractivity contribution < 1.29 is 9.59 Å². The largest absolute Gasteiger partial charge is 0.345 e. The highest BCUT2D eigenvalue weighted by atomic mass is 16.2. The molecule has 1 aromatic rings. The van der Waals surface area contributed by atoms with Gasteiger partial charge >= 0.3 is 11.8 Å². The maximum absolute atomic E-state index is 12.4. The Morgan fingerprint density at radius 1 is 1.29 bits per heavy atom. The summed E-state index contributed by atoms with van der Waals surface area (Å²) in [6.45, 7) is 3.32. The van der Waals surface area contributed by atoms with Gasteiger partial charge in [0.1, 0.15) is 0 Å². The van der Waals surface area contributed by atoms with Crippen molar-refractivity contribution in [1.29, 1.82) is 0 Å². The van der Waals surface area contributed by atoms with E-state index in [-0.39, 0.29) is 23.4 Å². The van der Waals surface area contributed by atoms with Gasteiger partial charge in [-0.05, 0) is 37.7 Å². The Balaban J connectivity index is 1.57. The Morgan fingerprint density at radius 3 is 2.62 bits per heavy atom. The van der Waals surface area contributed by atoms with Crippen LogP contribution in [0, 0.1) is 0 Å². The number of hydrogen-bond donors (Lipinski definition) is 2. The van der Waals surface area contributed by atoms with Crippen molar-refractivity contribution in [3.05, 3.63) is 35.9 Å². The molecule has 0 bridgehead atoms. The van der Waals surface area contributed by atoms with E-state index < -0.39 is 5.91 Å². The van der Waals surface area contributed by atoms with Crippen LogP contribution in [-0.2, 0) is 15.0 Å². The number of carbonyl (C=O) groups excluding carboxylic acids is 2. The van der Waals surface area contributed by atoms with E-state index in [1.807, 2.05) is 18.2 Å². The summed E-state index contributed by atoms with van der Waals surface area (Å²) < 4.78 is 0. The summed E-state index contributed by atoms with van der Waals surface area (Å²) >= 11 is 0. The van der Waals surface area contributed by atoms with Crippen molar-refractivity contribution in [1.82, 2.24) is 10.2 Å². The summed E-state index contributed by atoms with van der Waals surface area (Å²) in [5.41, 5.74) is 7.15. The van der Waals surface area contributed by atoms with Gasteiger partial charge in [-0.15, -0.1) is 0 Å². The second-order valence-corrected chi connectivity index (χ2v) is 7.13. The number of benzene rings is 1. The number of likely N-dealkylation sites (tertiary alicyclic amines) is 1. The molecule has 2 amide bonds. The highest BCUT2D eigenvalue weighted by Crippen LogP contribution is 2.43. The molecule has 0 aromatic heterocycles. The zero-order valence-corrected chi connectivity index (χ0v) is 14.3. The van der Waals surface area contributed by atoms with Gasteiger partial charge in [0.2, 0.25) is 0 Å². The molecule has 1 aromatic carbocycles. The first kappa shape index (κ1) is 17.0. The number of nitrogens with one attached hydrogen (secondary N) is 1. The van der Waals surface area contributed by atoms with Gasteiger partial charge < -0.3 is 16.0 Å². The van der Waals surface area contributed by atoms with Crippen molar-refractivity contribution in [2.75, 3.05) is 13.1 Å². The fraction of sp³-hybridized carbons (Fsp3) is 0.579. The number of nitrogens with zero attached hydrogens (tertiary/aromatic N) is 1. The number of amides is 2. The lowest BCUT2D eigenvalue weighted by Gasteiger charge is -2.47. The molecule has 1 aliphatic carbocycles. The maximum atomic E-state index is 12.4. The van der Waals surface area contributed by atoms with Crippen molar-refractivity contribution in [3.8, 4) is 0 Å². The molecule has 2 fully saturated rings. The predicted octanol–water partition coefficient (Wildman–Crippen LogP) is 1.56. The summed E-state index contributed by atoms with van der Waals surface area (Å²) in [4.78, 5) is 26.4. The number of carbonyl (C=O) groups is 2. The molecule has 1 unspecified atom stereocenters. The predicted molar refractivity (Wildman–Crippen MR) is 93.4 cm³/mol. The lowest BCUT2D eigenvalue weighted by molar-refractivity contribution is -0.147. The van der Waals surface area contributed by atoms with E-state index in [0.29, 0.717) is 13.1 Å². The smallest absolute Gasteiger partial charge is 0.312 e. The Kier molecular flexibility index (Phi) is 4.90. The van der Waals surface area contributed by atoms with Crippen LogP contribution in [0.25, 0.3) is 0 Å². The zero-order chi connectivity index (χ0) is 17.2. The number of rotatable bonds is 4. The van der Waals surface area contributed by atoms with Crippen LogP contribution >= 0.6 is 0 Å². The molecule has 1 aliphatic heterocycles. The van der Waals surface area contributed by atoms with E-state index in [2.05, 4.69) is 24.4 Å². The molecule has 0 spiro atoms. The first-order chi connectivity index (χ1) is 11.6. The third-order valence-electron chi connectivity index (χ3n) is 5.69. The van der Waals surface area contributed by atoms with Gasteiger partial charge in [0, 0.05) is 30.6 Å². The molecular formula is C19H27N3O2. The molecule has 1 heterocycles. The first-order valence-corrected chi connectivity index (χ1v) is 8.96. The van der Waals surface area contributed by atoms with Crippen LogP contribution in [0.4, 0.5) is 0 Å². The molecule has 3 N–H and O–H groups in total. The Bertz CT molecular complexity index is 596. The van der Waals surface area contributed by atoms with Crippen molar-refractivity contribution in [2.24, 2.45) is 5.73 Å². The molecule has 130 valence electrons. The van der Waals surface area contributed by atoms with Crippen LogP contribution in [0.5, 0.6) is 0 Å². The third kappa shape index (κ3) is 3.05. The fourth-order valence-electron chi connectivity index (χ4n) is 4.20. The van der Waals surface area contributed by atoms with Crippen molar-refractivity contribution in [2.45, 2.75) is 56.5 Å². The summed E-state index contributed by atoms with van der Waals surface area (Å²) in [6.07, 6.45) is 4.49. The average Bonchev–Trinajstić information content (AvgIpc) is 3.06. The number of hydrogen-bond acceptors (Lipinski definition) is 3. The minimum atomic E-state index is -0.459. The van der Waals surface area contributed by atoms with Crippen LogP contribution in [0.1, 0.15) is 44.6 Å². The zero-order valence-electron chi connectivity index (χ0n) is 14.3. The Hall–Kier alpha value is -1.88. The molecule has 5 nitrogen and oxygen atoms in total. The minimum absolute atomic E-state index is 0.0351. The molecule has 1 saturated heterocycles. The molecule has 1 saturated carbocycles. The number of nitrogens with two attached hydrogens (primary N) is 1. The third-order valence-corrected chi connectivity index (χ3v) is 5.69. The molecular weight excluding hydrogens is 302 g/mol. The topological polar surface area (TPSA) is 75.4 Å². The van der Waals surface area contributed by atoms with Crippen LogP contribution < -0.4 is 11.1 Å². The fourth-order valence-corrected chi connectivity index (χ4v) is 4.20. The Morgan fingerprint density at radius 2 is 2.00 bits per heavy atom. The molecule has 0 radical (unpaired) electrons. The Labute approximate surface area is 143 Å². The van der Waals surface area contributed by atoms with Gasteiger partial charge in [0.15, 0.2) is 0 Å². The van der Waals surface area contributed by atoms with Crippen molar-refractivity contribution >= 4 is 11.8 Å². The SMILES string of the molecule is CCC1CCCN1C(=O)C(=O)NC1CC(CN)(c2ccccc2)C1. The average molecular weight is 329 g/mol. The molecule has 5 heteroatoms. The molecule has 2 aliphatic rings. The molecule has 3 rings (SSSR count). The van der Waals surface area contributed by atoms with E-state index >= 15 is 0 Å². The van der Waals surface area contributed by atoms with Gasteiger partial charge in [-0.1, -0.05) is 37.3 Å². The monoisotopic (exact) mass is 329 g/mol. The van der Waals surface area contributed by atoms with Crippen LogP contribution in [-0.4, -0.2) is 41.9 Å². The van der Waals surface area contributed by atoms with E-state index in [1.165, 1.54) is 5.56 Å². The maximum Gasteiger partial charge on any atom is 0.312 e. The van der Waals surface area contributed by atoms with Gasteiger partial charge in [-0.3, -0.25) is 9.59 Å². The second kappa shape index (κ2) is 6.93. The summed E-state index contributed by atoms with van der Waals surface area (Å²) in [7, 11) is 0. The van der Waals surface area contributed by atoms with Gasteiger partial charge in [0.05, 0.1) is 0 Å². The summed E-state index contributed by atoms with van der Waals surface area (Å²) in [5.74, 6) is -0.830. The van der Waals surface area contributed by atoms with E-state index in [4.69, 9.17) is 5.73 Å². The van der Waals surface area contributed by atoms with Crippen molar-refractivity contribution in [3.63, 3.8) is 0 Å². The van der Waals surface area contributed by atoms with E-state index in [9.17, 15) is 9.59 Å². The van der Waals surface area contributed by atoms with Gasteiger partial charge in [-0.25, -0.2) is 0 Å². The molecule has 24 heavy (non-hydrogen) atoms. The van der Waals surface area contributed by atoms with Crippen LogP contribution in [0.3, 0.4) is 0 Å². The van der Waals surface area contributed by atoms with Gasteiger partial charge in [0.25, 0.3) is 0 Å². The quantitative estimate of drug-likeness (QED) is 0.823. The highest BCUT2D eigenvalue weighted by Gasteiger charge is 2.45. The van der Waals surface area contributed by atoms with Crippen LogP contribution in [0.2, 0.25) is 0 Å². The lowest BCUT2D eigenvalue weighted by atomic mass is 9.61. The van der Waals surface area contributed by atoms with Crippen LogP contribution in [0.15, 0.2) is 30.3 Å². The first-order valence-electron chi connectivity index (χ1n) is 8.96. The highest BCUT2D eigenvalue weighted by molar-refractivity contribution is 6.35. The summed E-state index contributed by atoms with van der Waals surface area (Å²) in [5, 5.41) is 2.91. The van der Waals surface area contributed by atoms with E-state index in [0.717, 1.165) is 32.1 Å². The normalized spacial score (nSPS) is 29.2. The summed E-state index contributed by atoms with van der Waals surface area (Å²) in [6, 6.07) is 10.5. The van der Waals surface area contributed by atoms with E-state index in [1.54, 1.807) is 4.90 Å².